The molecule has 1 N–H and O–H groups in total. The first-order valence-electron chi connectivity index (χ1n) is 7.06. The minimum absolute atomic E-state index is 0.0221. The maximum Gasteiger partial charge on any atom is 0.435 e. The zero-order valence-corrected chi connectivity index (χ0v) is 14.1. The molecule has 6 nitrogen and oxygen atoms in total. The van der Waals surface area contributed by atoms with Crippen molar-refractivity contribution in [2.24, 2.45) is 5.92 Å². The van der Waals surface area contributed by atoms with Crippen LogP contribution in [-0.2, 0) is 16.0 Å². The summed E-state index contributed by atoms with van der Waals surface area (Å²) in [5.41, 5.74) is -1.05. The molecule has 0 radical (unpaired) electrons. The van der Waals surface area contributed by atoms with Crippen LogP contribution in [0, 0.1) is 5.92 Å². The first-order valence-corrected chi connectivity index (χ1v) is 8.95. The summed E-state index contributed by atoms with van der Waals surface area (Å²) in [6.07, 6.45) is -2.48. The van der Waals surface area contributed by atoms with E-state index in [4.69, 9.17) is 0 Å². The van der Waals surface area contributed by atoms with Gasteiger partial charge in [-0.05, 0) is 18.1 Å². The largest absolute Gasteiger partial charge is 0.435 e. The molecule has 2 heterocycles. The molecule has 0 atom stereocenters. The van der Waals surface area contributed by atoms with Crippen LogP contribution in [0.25, 0.3) is 5.82 Å². The second kappa shape index (κ2) is 6.42. The Bertz CT molecular complexity index is 812. The molecule has 0 aliphatic heterocycles. The minimum Gasteiger partial charge on any atom is -0.370 e. The molecule has 0 spiro atoms. The van der Waals surface area contributed by atoms with Crippen LogP contribution >= 0.6 is 0 Å². The van der Waals surface area contributed by atoms with E-state index in [-0.39, 0.29) is 22.4 Å². The number of halogens is 3. The second-order valence-electron chi connectivity index (χ2n) is 5.72. The van der Waals surface area contributed by atoms with Crippen molar-refractivity contribution in [3.63, 3.8) is 0 Å². The third-order valence-corrected chi connectivity index (χ3v) is 4.15. The van der Waals surface area contributed by atoms with E-state index >= 15 is 0 Å². The fourth-order valence-corrected chi connectivity index (χ4v) is 2.41. The molecule has 0 fully saturated rings. The number of anilines is 1. The summed E-state index contributed by atoms with van der Waals surface area (Å²) in [7, 11) is -3.44. The van der Waals surface area contributed by atoms with Crippen LogP contribution in [0.5, 0.6) is 0 Å². The molecule has 0 aromatic carbocycles. The maximum atomic E-state index is 12.9. The van der Waals surface area contributed by atoms with E-state index in [0.29, 0.717) is 6.54 Å². The van der Waals surface area contributed by atoms with Gasteiger partial charge in [-0.3, -0.25) is 0 Å². The van der Waals surface area contributed by atoms with Gasteiger partial charge >= 0.3 is 6.18 Å². The van der Waals surface area contributed by atoms with Crippen molar-refractivity contribution < 1.29 is 21.6 Å². The number of nitrogens with one attached hydrogen (secondary N) is 1. The first-order chi connectivity index (χ1) is 11.0. The van der Waals surface area contributed by atoms with Gasteiger partial charge in [0.05, 0.1) is 4.90 Å². The molecule has 0 unspecified atom stereocenters. The Morgan fingerprint density at radius 3 is 2.42 bits per heavy atom. The molecule has 132 valence electrons. The van der Waals surface area contributed by atoms with Gasteiger partial charge in [0.25, 0.3) is 0 Å². The van der Waals surface area contributed by atoms with Crippen LogP contribution in [0.4, 0.5) is 19.0 Å². The molecule has 24 heavy (non-hydrogen) atoms. The Morgan fingerprint density at radius 2 is 1.96 bits per heavy atom. The average Bonchev–Trinajstić information content (AvgIpc) is 2.88. The molecule has 10 heteroatoms. The summed E-state index contributed by atoms with van der Waals surface area (Å²) in [6.45, 7) is 4.28. The van der Waals surface area contributed by atoms with Gasteiger partial charge in [0, 0.05) is 25.1 Å². The van der Waals surface area contributed by atoms with Crippen molar-refractivity contribution in [3.8, 4) is 5.82 Å². The fourth-order valence-electron chi connectivity index (χ4n) is 1.85. The Balaban J connectivity index is 2.45. The van der Waals surface area contributed by atoms with Gasteiger partial charge in [0.1, 0.15) is 5.82 Å². The maximum absolute atomic E-state index is 12.9. The van der Waals surface area contributed by atoms with Gasteiger partial charge < -0.3 is 5.32 Å². The molecular weight excluding hydrogens is 345 g/mol. The SMILES string of the molecule is CC(C)CNc1cc(C(F)(F)F)nn1-c1ccc(S(C)(=O)=O)cn1. The third-order valence-electron chi connectivity index (χ3n) is 3.06. The van der Waals surface area contributed by atoms with Crippen LogP contribution in [0.15, 0.2) is 29.3 Å². The minimum atomic E-state index is -4.59. The quantitative estimate of drug-likeness (QED) is 0.885. The van der Waals surface area contributed by atoms with Gasteiger partial charge in [0.2, 0.25) is 0 Å². The predicted octanol–water partition coefficient (Wildman–Crippen LogP) is 2.76. The molecular formula is C14H17F3N4O2S. The van der Waals surface area contributed by atoms with Gasteiger partial charge in [-0.15, -0.1) is 0 Å². The fraction of sp³-hybridized carbons (Fsp3) is 0.429. The number of sulfone groups is 1. The number of pyridine rings is 1. The van der Waals surface area contributed by atoms with Crippen LogP contribution in [0.1, 0.15) is 19.5 Å². The molecule has 0 saturated carbocycles. The van der Waals surface area contributed by atoms with E-state index in [0.717, 1.165) is 23.2 Å². The first kappa shape index (κ1) is 18.2. The molecule has 2 aromatic rings. The third kappa shape index (κ3) is 4.25. The van der Waals surface area contributed by atoms with Gasteiger partial charge in [-0.2, -0.15) is 23.0 Å². The number of rotatable bonds is 5. The predicted molar refractivity (Wildman–Crippen MR) is 82.8 cm³/mol. The van der Waals surface area contributed by atoms with E-state index in [2.05, 4.69) is 15.4 Å². The topological polar surface area (TPSA) is 76.9 Å². The lowest BCUT2D eigenvalue weighted by atomic mass is 10.2. The molecule has 2 rings (SSSR count). The van der Waals surface area contributed by atoms with Crippen LogP contribution in [0.3, 0.4) is 0 Å². The van der Waals surface area contributed by atoms with Crippen LogP contribution in [-0.4, -0.2) is 36.0 Å². The lowest BCUT2D eigenvalue weighted by Crippen LogP contribution is -2.13. The van der Waals surface area contributed by atoms with Gasteiger partial charge in [-0.1, -0.05) is 13.8 Å². The van der Waals surface area contributed by atoms with E-state index in [9.17, 15) is 21.6 Å². The number of hydrogen-bond donors (Lipinski definition) is 1. The monoisotopic (exact) mass is 362 g/mol. The van der Waals surface area contributed by atoms with Crippen molar-refractivity contribution in [1.29, 1.82) is 0 Å². The number of hydrogen-bond acceptors (Lipinski definition) is 5. The summed E-state index contributed by atoms with van der Waals surface area (Å²) in [5.74, 6) is 0.433. The molecule has 2 aromatic heterocycles. The van der Waals surface area contributed by atoms with Crippen molar-refractivity contribution in [1.82, 2.24) is 14.8 Å². The Labute approximate surface area is 137 Å². The number of alkyl halides is 3. The normalized spacial score (nSPS) is 12.6. The van der Waals surface area contributed by atoms with Crippen molar-refractivity contribution in [2.75, 3.05) is 18.1 Å². The summed E-state index contributed by atoms with van der Waals surface area (Å²) < 4.78 is 62.6. The highest BCUT2D eigenvalue weighted by Gasteiger charge is 2.35. The second-order valence-corrected chi connectivity index (χ2v) is 7.74. The van der Waals surface area contributed by atoms with E-state index in [1.54, 1.807) is 0 Å². The zero-order chi connectivity index (χ0) is 18.1. The average molecular weight is 362 g/mol. The van der Waals surface area contributed by atoms with Crippen molar-refractivity contribution in [3.05, 3.63) is 30.1 Å². The molecule has 0 saturated heterocycles. The summed E-state index contributed by atoms with van der Waals surface area (Å²) in [4.78, 5) is 3.89. The molecule has 0 aliphatic rings. The van der Waals surface area contributed by atoms with Crippen LogP contribution in [0.2, 0.25) is 0 Å². The zero-order valence-electron chi connectivity index (χ0n) is 13.3. The lowest BCUT2D eigenvalue weighted by molar-refractivity contribution is -0.141. The highest BCUT2D eigenvalue weighted by atomic mass is 32.2. The lowest BCUT2D eigenvalue weighted by Gasteiger charge is -2.11. The summed E-state index contributed by atoms with van der Waals surface area (Å²) in [5, 5.41) is 6.43. The van der Waals surface area contributed by atoms with E-state index in [1.165, 1.54) is 12.1 Å². The Hall–Kier alpha value is -2.10. The standard InChI is InChI=1S/C14H17F3N4O2S/c1-9(2)7-18-13-6-11(14(15,16)17)20-21(13)12-5-4-10(8-19-12)24(3,22)23/h4-6,8-9,18H,7H2,1-3H3. The Morgan fingerprint density at radius 1 is 1.29 bits per heavy atom. The smallest absolute Gasteiger partial charge is 0.370 e. The van der Waals surface area contributed by atoms with Crippen LogP contribution < -0.4 is 5.32 Å². The van der Waals surface area contributed by atoms with Crippen molar-refractivity contribution in [2.45, 2.75) is 24.9 Å². The Kier molecular flexibility index (Phi) is 4.88. The van der Waals surface area contributed by atoms with Gasteiger partial charge in [0.15, 0.2) is 21.3 Å². The highest BCUT2D eigenvalue weighted by Crippen LogP contribution is 2.31. The summed E-state index contributed by atoms with van der Waals surface area (Å²) in [6, 6.07) is 3.48. The molecule has 0 bridgehead atoms. The molecule has 0 aliphatic carbocycles. The van der Waals surface area contributed by atoms with Crippen molar-refractivity contribution >= 4 is 15.7 Å². The van der Waals surface area contributed by atoms with Gasteiger partial charge in [-0.25, -0.2) is 13.4 Å². The van der Waals surface area contributed by atoms with E-state index in [1.807, 2.05) is 13.8 Å². The number of aromatic nitrogens is 3. The molecule has 0 amide bonds. The van der Waals surface area contributed by atoms with E-state index < -0.39 is 21.7 Å². The number of nitrogens with zero attached hydrogens (tertiary/aromatic N) is 3. The highest BCUT2D eigenvalue weighted by molar-refractivity contribution is 7.90. The summed E-state index contributed by atoms with van der Waals surface area (Å²) >= 11 is 0.